The fourth-order valence-corrected chi connectivity index (χ4v) is 2.46. The summed E-state index contributed by atoms with van der Waals surface area (Å²) in [6.45, 7) is 2.26. The maximum absolute atomic E-state index is 11.6. The van der Waals surface area contributed by atoms with Gasteiger partial charge in [0.15, 0.2) is 0 Å². The first kappa shape index (κ1) is 18.3. The number of esters is 1. The molecule has 0 aliphatic carbocycles. The standard InChI is InChI=1S/C18H25NO5/c1-19-11-9-16(10-12-19)24-18(21)22-13-5-8-17(20)23-14-15-6-3-2-4-7-15/h2-4,6-7,16H,5,8-14H2,1H3. The van der Waals surface area contributed by atoms with E-state index in [2.05, 4.69) is 4.90 Å². The molecule has 1 aromatic carbocycles. The summed E-state index contributed by atoms with van der Waals surface area (Å²) >= 11 is 0. The maximum atomic E-state index is 11.6. The molecule has 0 spiro atoms. The van der Waals surface area contributed by atoms with Gasteiger partial charge in [-0.05, 0) is 31.9 Å². The van der Waals surface area contributed by atoms with Gasteiger partial charge >= 0.3 is 12.1 Å². The molecule has 0 aromatic heterocycles. The first-order valence-electron chi connectivity index (χ1n) is 8.35. The summed E-state index contributed by atoms with van der Waals surface area (Å²) in [5, 5.41) is 0. The Kier molecular flexibility index (Phi) is 7.55. The minimum Gasteiger partial charge on any atom is -0.461 e. The SMILES string of the molecule is CN1CCC(OC(=O)OCCCC(=O)OCc2ccccc2)CC1. The topological polar surface area (TPSA) is 65.1 Å². The molecule has 6 nitrogen and oxygen atoms in total. The van der Waals surface area contributed by atoms with Crippen LogP contribution in [0.15, 0.2) is 30.3 Å². The van der Waals surface area contributed by atoms with E-state index < -0.39 is 6.16 Å². The minimum atomic E-state index is -0.651. The summed E-state index contributed by atoms with van der Waals surface area (Å²) in [6, 6.07) is 9.50. The molecule has 1 saturated heterocycles. The van der Waals surface area contributed by atoms with Gasteiger partial charge in [-0.2, -0.15) is 0 Å². The van der Waals surface area contributed by atoms with E-state index in [0.717, 1.165) is 31.5 Å². The van der Waals surface area contributed by atoms with Crippen LogP contribution in [-0.4, -0.2) is 49.9 Å². The van der Waals surface area contributed by atoms with E-state index in [1.165, 1.54) is 0 Å². The first-order chi connectivity index (χ1) is 11.6. The highest BCUT2D eigenvalue weighted by Gasteiger charge is 2.20. The van der Waals surface area contributed by atoms with Crippen molar-refractivity contribution in [3.05, 3.63) is 35.9 Å². The summed E-state index contributed by atoms with van der Waals surface area (Å²) in [5.74, 6) is -0.300. The first-order valence-corrected chi connectivity index (χ1v) is 8.35. The van der Waals surface area contributed by atoms with Crippen LogP contribution in [-0.2, 0) is 25.6 Å². The number of rotatable bonds is 7. The van der Waals surface area contributed by atoms with E-state index in [1.807, 2.05) is 37.4 Å². The molecule has 24 heavy (non-hydrogen) atoms. The van der Waals surface area contributed by atoms with Crippen LogP contribution in [0, 0.1) is 0 Å². The smallest absolute Gasteiger partial charge is 0.461 e. The van der Waals surface area contributed by atoms with E-state index in [1.54, 1.807) is 0 Å². The Balaban J connectivity index is 1.51. The quantitative estimate of drug-likeness (QED) is 0.564. The summed E-state index contributed by atoms with van der Waals surface area (Å²) < 4.78 is 15.4. The highest BCUT2D eigenvalue weighted by Crippen LogP contribution is 2.13. The van der Waals surface area contributed by atoms with Crippen molar-refractivity contribution < 1.29 is 23.8 Å². The molecule has 0 N–H and O–H groups in total. The van der Waals surface area contributed by atoms with Crippen LogP contribution >= 0.6 is 0 Å². The van der Waals surface area contributed by atoms with E-state index in [9.17, 15) is 9.59 Å². The number of carbonyl (C=O) groups excluding carboxylic acids is 2. The van der Waals surface area contributed by atoms with Crippen molar-refractivity contribution in [1.29, 1.82) is 0 Å². The monoisotopic (exact) mass is 335 g/mol. The number of carbonyl (C=O) groups is 2. The van der Waals surface area contributed by atoms with Gasteiger partial charge in [-0.3, -0.25) is 4.79 Å². The fourth-order valence-electron chi connectivity index (χ4n) is 2.46. The highest BCUT2D eigenvalue weighted by molar-refractivity contribution is 5.69. The van der Waals surface area contributed by atoms with Crippen molar-refractivity contribution >= 4 is 12.1 Å². The predicted molar refractivity (Wildman–Crippen MR) is 88.4 cm³/mol. The third-order valence-corrected chi connectivity index (χ3v) is 3.92. The zero-order valence-electron chi connectivity index (χ0n) is 14.1. The normalized spacial score (nSPS) is 15.7. The molecule has 132 valence electrons. The molecule has 0 radical (unpaired) electrons. The second-order valence-electron chi connectivity index (χ2n) is 5.97. The van der Waals surface area contributed by atoms with E-state index in [0.29, 0.717) is 6.42 Å². The zero-order valence-corrected chi connectivity index (χ0v) is 14.1. The average molecular weight is 335 g/mol. The molecule has 2 rings (SSSR count). The molecule has 1 aromatic rings. The molecule has 1 fully saturated rings. The number of ether oxygens (including phenoxy) is 3. The zero-order chi connectivity index (χ0) is 17.2. The Morgan fingerprint density at radius 2 is 1.83 bits per heavy atom. The molecule has 0 saturated carbocycles. The van der Waals surface area contributed by atoms with Gasteiger partial charge in [-0.15, -0.1) is 0 Å². The molecule has 1 aliphatic rings. The number of nitrogens with zero attached hydrogens (tertiary/aromatic N) is 1. The van der Waals surface area contributed by atoms with Crippen LogP contribution in [0.2, 0.25) is 0 Å². The van der Waals surface area contributed by atoms with Crippen molar-refractivity contribution in [3.8, 4) is 0 Å². The lowest BCUT2D eigenvalue weighted by atomic mass is 10.1. The number of piperidine rings is 1. The number of hydrogen-bond donors (Lipinski definition) is 0. The molecule has 0 bridgehead atoms. The van der Waals surface area contributed by atoms with Crippen LogP contribution in [0.1, 0.15) is 31.2 Å². The lowest BCUT2D eigenvalue weighted by Gasteiger charge is -2.28. The summed E-state index contributed by atoms with van der Waals surface area (Å²) in [7, 11) is 2.05. The molecular formula is C18H25NO5. The molecule has 0 amide bonds. The molecule has 0 atom stereocenters. The van der Waals surface area contributed by atoms with Crippen LogP contribution in [0.4, 0.5) is 4.79 Å². The van der Waals surface area contributed by atoms with Gasteiger partial charge in [0.25, 0.3) is 0 Å². The summed E-state index contributed by atoms with van der Waals surface area (Å²) in [6.07, 6.45) is 1.59. The maximum Gasteiger partial charge on any atom is 0.508 e. The molecule has 1 heterocycles. The van der Waals surface area contributed by atoms with Crippen molar-refractivity contribution in [2.45, 2.75) is 38.4 Å². The predicted octanol–water partition coefficient (Wildman–Crippen LogP) is 2.76. The Labute approximate surface area is 142 Å². The van der Waals surface area contributed by atoms with Crippen molar-refractivity contribution in [3.63, 3.8) is 0 Å². The number of likely N-dealkylation sites (tertiary alicyclic amines) is 1. The molecular weight excluding hydrogens is 310 g/mol. The van der Waals surface area contributed by atoms with Crippen molar-refractivity contribution in [2.24, 2.45) is 0 Å². The van der Waals surface area contributed by atoms with Gasteiger partial charge < -0.3 is 19.1 Å². The van der Waals surface area contributed by atoms with Gasteiger partial charge in [0.1, 0.15) is 12.7 Å². The van der Waals surface area contributed by atoms with Gasteiger partial charge in [0.05, 0.1) is 6.61 Å². The Morgan fingerprint density at radius 3 is 2.54 bits per heavy atom. The Morgan fingerprint density at radius 1 is 1.12 bits per heavy atom. The highest BCUT2D eigenvalue weighted by atomic mass is 16.7. The third-order valence-electron chi connectivity index (χ3n) is 3.92. The fraction of sp³-hybridized carbons (Fsp3) is 0.556. The average Bonchev–Trinajstić information content (AvgIpc) is 2.60. The van der Waals surface area contributed by atoms with E-state index >= 15 is 0 Å². The van der Waals surface area contributed by atoms with Gasteiger partial charge in [0.2, 0.25) is 0 Å². The minimum absolute atomic E-state index is 0.0652. The second kappa shape index (κ2) is 9.93. The molecule has 6 heteroatoms. The largest absolute Gasteiger partial charge is 0.508 e. The van der Waals surface area contributed by atoms with Crippen molar-refractivity contribution in [1.82, 2.24) is 4.90 Å². The van der Waals surface area contributed by atoms with Gasteiger partial charge in [-0.25, -0.2) is 4.79 Å². The Hall–Kier alpha value is -2.08. The van der Waals surface area contributed by atoms with Crippen LogP contribution < -0.4 is 0 Å². The lowest BCUT2D eigenvalue weighted by molar-refractivity contribution is -0.145. The number of hydrogen-bond acceptors (Lipinski definition) is 6. The summed E-state index contributed by atoms with van der Waals surface area (Å²) in [5.41, 5.74) is 0.948. The van der Waals surface area contributed by atoms with E-state index in [-0.39, 0.29) is 31.7 Å². The van der Waals surface area contributed by atoms with Crippen LogP contribution in [0.25, 0.3) is 0 Å². The van der Waals surface area contributed by atoms with Gasteiger partial charge in [0, 0.05) is 19.5 Å². The van der Waals surface area contributed by atoms with E-state index in [4.69, 9.17) is 14.2 Å². The second-order valence-corrected chi connectivity index (χ2v) is 5.97. The molecule has 1 aliphatic heterocycles. The lowest BCUT2D eigenvalue weighted by Crippen LogP contribution is -2.35. The Bertz CT molecular complexity index is 511. The van der Waals surface area contributed by atoms with Crippen LogP contribution in [0.5, 0.6) is 0 Å². The third kappa shape index (κ3) is 7.00. The molecule has 0 unspecified atom stereocenters. The summed E-state index contributed by atoms with van der Waals surface area (Å²) in [4.78, 5) is 25.4. The number of benzene rings is 1. The van der Waals surface area contributed by atoms with Crippen LogP contribution in [0.3, 0.4) is 0 Å². The van der Waals surface area contributed by atoms with Gasteiger partial charge in [-0.1, -0.05) is 30.3 Å². The van der Waals surface area contributed by atoms with Crippen molar-refractivity contribution in [2.75, 3.05) is 26.7 Å².